The maximum absolute atomic E-state index is 10.9. The molecule has 0 N–H and O–H groups in total. The van der Waals surface area contributed by atoms with Crippen LogP contribution in [0.5, 0.6) is 0 Å². The number of benzene rings is 1. The average Bonchev–Trinajstić information content (AvgIpc) is 2.40. The molecular weight excluding hydrogens is 288 g/mol. The molecule has 116 valence electrons. The van der Waals surface area contributed by atoms with Gasteiger partial charge in [0.1, 0.15) is 0 Å². The highest BCUT2D eigenvalue weighted by atomic mass is 35.5. The van der Waals surface area contributed by atoms with Gasteiger partial charge in [0, 0.05) is 29.7 Å². The van der Waals surface area contributed by atoms with Crippen molar-refractivity contribution in [2.75, 3.05) is 7.05 Å². The summed E-state index contributed by atoms with van der Waals surface area (Å²) in [5, 5.41) is 11.5. The molecule has 1 fully saturated rings. The van der Waals surface area contributed by atoms with Gasteiger partial charge in [0.25, 0.3) is 5.69 Å². The Morgan fingerprint density at radius 3 is 2.57 bits per heavy atom. The molecule has 0 heterocycles. The molecule has 21 heavy (non-hydrogen) atoms. The summed E-state index contributed by atoms with van der Waals surface area (Å²) in [6.45, 7) is 5.30. The molecular formula is C16H23ClN2O2. The Morgan fingerprint density at radius 2 is 2.00 bits per heavy atom. The number of nitrogens with zero attached hydrogens (tertiary/aromatic N) is 2. The van der Waals surface area contributed by atoms with E-state index < -0.39 is 0 Å². The first-order valence-electron chi connectivity index (χ1n) is 7.41. The first-order valence-corrected chi connectivity index (χ1v) is 7.79. The number of non-ortho nitro benzene ring substituents is 1. The van der Waals surface area contributed by atoms with Gasteiger partial charge in [0.2, 0.25) is 0 Å². The van der Waals surface area contributed by atoms with Crippen molar-refractivity contribution < 1.29 is 4.92 Å². The Hall–Kier alpha value is -1.13. The number of hydrogen-bond donors (Lipinski definition) is 0. The number of hydrogen-bond acceptors (Lipinski definition) is 3. The molecule has 0 spiro atoms. The highest BCUT2D eigenvalue weighted by Crippen LogP contribution is 2.37. The molecule has 0 saturated heterocycles. The summed E-state index contributed by atoms with van der Waals surface area (Å²) >= 11 is 6.18. The highest BCUT2D eigenvalue weighted by molar-refractivity contribution is 6.31. The van der Waals surface area contributed by atoms with Gasteiger partial charge in [-0.05, 0) is 49.8 Å². The minimum atomic E-state index is -0.372. The SMILES string of the molecule is CN(Cc1cc([N+](=O)[O-])ccc1Cl)C1CCC(C)(C)CC1. The van der Waals surface area contributed by atoms with Gasteiger partial charge < -0.3 is 0 Å². The molecule has 5 heteroatoms. The van der Waals surface area contributed by atoms with E-state index in [4.69, 9.17) is 11.6 Å². The molecule has 0 bridgehead atoms. The monoisotopic (exact) mass is 310 g/mol. The van der Waals surface area contributed by atoms with Gasteiger partial charge in [-0.2, -0.15) is 0 Å². The quantitative estimate of drug-likeness (QED) is 0.600. The van der Waals surface area contributed by atoms with Gasteiger partial charge in [-0.3, -0.25) is 15.0 Å². The van der Waals surface area contributed by atoms with Crippen molar-refractivity contribution in [3.8, 4) is 0 Å². The molecule has 1 saturated carbocycles. The van der Waals surface area contributed by atoms with E-state index in [1.165, 1.54) is 31.7 Å². The number of rotatable bonds is 4. The van der Waals surface area contributed by atoms with E-state index in [2.05, 4.69) is 25.8 Å². The molecule has 1 aliphatic carbocycles. The number of halogens is 1. The smallest absolute Gasteiger partial charge is 0.269 e. The van der Waals surface area contributed by atoms with Crippen molar-refractivity contribution in [3.05, 3.63) is 38.9 Å². The third-order valence-corrected chi connectivity index (χ3v) is 4.96. The Bertz CT molecular complexity index is 521. The van der Waals surface area contributed by atoms with Gasteiger partial charge in [0.15, 0.2) is 0 Å². The van der Waals surface area contributed by atoms with Crippen LogP contribution in [0.25, 0.3) is 0 Å². The van der Waals surface area contributed by atoms with Gasteiger partial charge >= 0.3 is 0 Å². The summed E-state index contributed by atoms with van der Waals surface area (Å²) in [5.41, 5.74) is 1.38. The maximum Gasteiger partial charge on any atom is 0.269 e. The zero-order chi connectivity index (χ0) is 15.6. The first-order chi connectivity index (χ1) is 9.78. The van der Waals surface area contributed by atoms with E-state index in [0.29, 0.717) is 23.0 Å². The summed E-state index contributed by atoms with van der Waals surface area (Å²) < 4.78 is 0. The average molecular weight is 311 g/mol. The molecule has 1 aromatic rings. The van der Waals surface area contributed by atoms with Crippen LogP contribution in [0.3, 0.4) is 0 Å². The Morgan fingerprint density at radius 1 is 1.38 bits per heavy atom. The summed E-state index contributed by atoms with van der Waals surface area (Å²) in [7, 11) is 2.08. The molecule has 4 nitrogen and oxygen atoms in total. The van der Waals surface area contributed by atoms with Gasteiger partial charge in [0.05, 0.1) is 4.92 Å². The van der Waals surface area contributed by atoms with Gasteiger partial charge in [-0.15, -0.1) is 0 Å². The summed E-state index contributed by atoms with van der Waals surface area (Å²) in [6, 6.07) is 5.20. The predicted octanol–water partition coefficient (Wildman–Crippen LogP) is 4.65. The van der Waals surface area contributed by atoms with Crippen LogP contribution in [-0.2, 0) is 6.54 Å². The van der Waals surface area contributed by atoms with Crippen LogP contribution in [0.4, 0.5) is 5.69 Å². The van der Waals surface area contributed by atoms with Crippen LogP contribution < -0.4 is 0 Å². The number of nitro benzene ring substituents is 1. The minimum absolute atomic E-state index is 0.104. The number of nitro groups is 1. The standard InChI is InChI=1S/C16H23ClN2O2/c1-16(2)8-6-13(7-9-16)18(3)11-12-10-14(19(20)21)4-5-15(12)17/h4-5,10,13H,6-9,11H2,1-3H3. The summed E-state index contributed by atoms with van der Waals surface area (Å²) in [4.78, 5) is 12.8. The second kappa shape index (κ2) is 6.32. The molecule has 0 amide bonds. The summed E-state index contributed by atoms with van der Waals surface area (Å²) in [5.74, 6) is 0. The molecule has 2 rings (SSSR count). The van der Waals surface area contributed by atoms with Crippen LogP contribution in [-0.4, -0.2) is 22.9 Å². The fourth-order valence-corrected chi connectivity index (χ4v) is 3.20. The van der Waals surface area contributed by atoms with Crippen molar-refractivity contribution in [2.45, 2.75) is 52.1 Å². The summed E-state index contributed by atoms with van der Waals surface area (Å²) in [6.07, 6.45) is 4.81. The van der Waals surface area contributed by atoms with E-state index in [0.717, 1.165) is 5.56 Å². The molecule has 0 atom stereocenters. The topological polar surface area (TPSA) is 46.4 Å². The molecule has 0 aliphatic heterocycles. The van der Waals surface area contributed by atoms with Crippen LogP contribution in [0.15, 0.2) is 18.2 Å². The molecule has 0 aromatic heterocycles. The normalized spacial score (nSPS) is 18.9. The minimum Gasteiger partial charge on any atom is -0.299 e. The van der Waals surface area contributed by atoms with Crippen molar-refractivity contribution in [1.82, 2.24) is 4.90 Å². The second-order valence-corrected chi connectivity index (χ2v) is 7.25. The highest BCUT2D eigenvalue weighted by Gasteiger charge is 2.29. The zero-order valence-electron chi connectivity index (χ0n) is 12.9. The zero-order valence-corrected chi connectivity index (χ0v) is 13.7. The Labute approximate surface area is 131 Å². The van der Waals surface area contributed by atoms with Crippen molar-refractivity contribution >= 4 is 17.3 Å². The first kappa shape index (κ1) is 16.2. The predicted molar refractivity (Wildman–Crippen MR) is 85.6 cm³/mol. The molecule has 1 aromatic carbocycles. The largest absolute Gasteiger partial charge is 0.299 e. The fraction of sp³-hybridized carbons (Fsp3) is 0.625. The Balaban J connectivity index is 2.04. The lowest BCUT2D eigenvalue weighted by Gasteiger charge is -2.38. The third-order valence-electron chi connectivity index (χ3n) is 4.59. The lowest BCUT2D eigenvalue weighted by molar-refractivity contribution is -0.384. The van der Waals surface area contributed by atoms with E-state index in [9.17, 15) is 10.1 Å². The van der Waals surface area contributed by atoms with Crippen molar-refractivity contribution in [2.24, 2.45) is 5.41 Å². The molecule has 0 radical (unpaired) electrons. The Kier molecular flexibility index (Phi) is 4.89. The third kappa shape index (κ3) is 4.17. The van der Waals surface area contributed by atoms with E-state index >= 15 is 0 Å². The van der Waals surface area contributed by atoms with Crippen LogP contribution in [0.1, 0.15) is 45.1 Å². The van der Waals surface area contributed by atoms with Crippen LogP contribution in [0.2, 0.25) is 5.02 Å². The van der Waals surface area contributed by atoms with Crippen molar-refractivity contribution in [3.63, 3.8) is 0 Å². The van der Waals surface area contributed by atoms with Gasteiger partial charge in [-0.25, -0.2) is 0 Å². The van der Waals surface area contributed by atoms with E-state index in [1.54, 1.807) is 12.1 Å². The van der Waals surface area contributed by atoms with Crippen molar-refractivity contribution in [1.29, 1.82) is 0 Å². The lowest BCUT2D eigenvalue weighted by Crippen LogP contribution is -2.36. The molecule has 0 unspecified atom stereocenters. The van der Waals surface area contributed by atoms with Crippen LogP contribution >= 0.6 is 11.6 Å². The van der Waals surface area contributed by atoms with E-state index in [1.807, 2.05) is 0 Å². The second-order valence-electron chi connectivity index (χ2n) is 6.84. The lowest BCUT2D eigenvalue weighted by atomic mass is 9.75. The van der Waals surface area contributed by atoms with E-state index in [-0.39, 0.29) is 10.6 Å². The van der Waals surface area contributed by atoms with Crippen LogP contribution in [0, 0.1) is 15.5 Å². The maximum atomic E-state index is 10.9. The molecule has 1 aliphatic rings. The fourth-order valence-electron chi connectivity index (χ4n) is 3.02. The van der Waals surface area contributed by atoms with Gasteiger partial charge in [-0.1, -0.05) is 25.4 Å².